The van der Waals surface area contributed by atoms with Crippen LogP contribution in [0.2, 0.25) is 0 Å². The van der Waals surface area contributed by atoms with Crippen molar-refractivity contribution in [2.45, 2.75) is 58.7 Å². The Balaban J connectivity index is 2.61. The zero-order chi connectivity index (χ0) is 19.5. The number of carboxylic acids is 1. The van der Waals surface area contributed by atoms with Gasteiger partial charge in [-0.2, -0.15) is 0 Å². The Labute approximate surface area is 154 Å². The number of carbonyl (C=O) groups is 3. The lowest BCUT2D eigenvalue weighted by atomic mass is 10.0. The maximum Gasteiger partial charge on any atom is 0.408 e. The number of unbranched alkanes of at least 4 members (excludes halogenated alkanes) is 1. The van der Waals surface area contributed by atoms with Crippen molar-refractivity contribution in [3.63, 3.8) is 0 Å². The van der Waals surface area contributed by atoms with Gasteiger partial charge in [-0.3, -0.25) is 4.79 Å². The van der Waals surface area contributed by atoms with Gasteiger partial charge in [-0.15, -0.1) is 0 Å². The average Bonchev–Trinajstić information content (AvgIpc) is 2.61. The molecule has 0 saturated carbocycles. The van der Waals surface area contributed by atoms with Crippen molar-refractivity contribution in [1.82, 2.24) is 10.6 Å². The van der Waals surface area contributed by atoms with Gasteiger partial charge in [0.1, 0.15) is 18.7 Å². The fourth-order valence-corrected chi connectivity index (χ4v) is 2.35. The molecule has 26 heavy (non-hydrogen) atoms. The number of ether oxygens (including phenoxy) is 1. The number of hydrogen-bond acceptors (Lipinski definition) is 4. The molecular formula is C19H28N2O5. The van der Waals surface area contributed by atoms with E-state index in [1.165, 1.54) is 0 Å². The second-order valence-corrected chi connectivity index (χ2v) is 6.47. The smallest absolute Gasteiger partial charge is 0.408 e. The van der Waals surface area contributed by atoms with Gasteiger partial charge in [-0.05, 0) is 17.9 Å². The Morgan fingerprint density at radius 3 is 2.31 bits per heavy atom. The minimum atomic E-state index is -1.08. The van der Waals surface area contributed by atoms with Gasteiger partial charge >= 0.3 is 12.1 Å². The minimum absolute atomic E-state index is 0.0906. The standard InChI is InChI=1S/C19H28N2O5/c1-4-5-11-15(18(23)24)20-17(22)16(13(2)3)21-19(25)26-12-14-9-7-6-8-10-14/h6-10,13,15-16H,4-5,11-12H2,1-3H3,(H,20,22)(H,21,25)(H,23,24)/t15-,16-/m1/s1. The molecule has 3 N–H and O–H groups in total. The number of rotatable bonds is 10. The first-order valence-electron chi connectivity index (χ1n) is 8.85. The van der Waals surface area contributed by atoms with Crippen molar-refractivity contribution in [2.24, 2.45) is 5.92 Å². The lowest BCUT2D eigenvalue weighted by molar-refractivity contribution is -0.142. The second kappa shape index (κ2) is 11.1. The second-order valence-electron chi connectivity index (χ2n) is 6.47. The summed E-state index contributed by atoms with van der Waals surface area (Å²) in [4.78, 5) is 35.7. The Morgan fingerprint density at radius 1 is 1.12 bits per heavy atom. The minimum Gasteiger partial charge on any atom is -0.480 e. The molecule has 1 rings (SSSR count). The predicted octanol–water partition coefficient (Wildman–Crippen LogP) is 2.70. The fraction of sp³-hybridized carbons (Fsp3) is 0.526. The number of carboxylic acid groups (broad SMARTS) is 1. The van der Waals surface area contributed by atoms with Crippen LogP contribution in [-0.4, -0.2) is 35.2 Å². The van der Waals surface area contributed by atoms with Gasteiger partial charge in [0.05, 0.1) is 0 Å². The van der Waals surface area contributed by atoms with Gasteiger partial charge in [0.25, 0.3) is 0 Å². The normalized spacial score (nSPS) is 12.9. The monoisotopic (exact) mass is 364 g/mol. The summed E-state index contributed by atoms with van der Waals surface area (Å²) in [5.41, 5.74) is 0.832. The summed E-state index contributed by atoms with van der Waals surface area (Å²) in [6.45, 7) is 5.57. The van der Waals surface area contributed by atoms with Crippen LogP contribution in [0, 0.1) is 5.92 Å². The molecule has 2 amide bonds. The molecule has 0 aromatic heterocycles. The van der Waals surface area contributed by atoms with Crippen LogP contribution in [0.1, 0.15) is 45.6 Å². The zero-order valence-corrected chi connectivity index (χ0v) is 15.5. The average molecular weight is 364 g/mol. The van der Waals surface area contributed by atoms with Crippen molar-refractivity contribution in [3.05, 3.63) is 35.9 Å². The Hall–Kier alpha value is -2.57. The van der Waals surface area contributed by atoms with E-state index in [-0.39, 0.29) is 12.5 Å². The number of aliphatic carboxylic acids is 1. The number of nitrogens with one attached hydrogen (secondary N) is 2. The number of amides is 2. The van der Waals surface area contributed by atoms with E-state index in [0.717, 1.165) is 12.0 Å². The van der Waals surface area contributed by atoms with Crippen molar-refractivity contribution in [1.29, 1.82) is 0 Å². The lowest BCUT2D eigenvalue weighted by Crippen LogP contribution is -2.53. The number of alkyl carbamates (subject to hydrolysis) is 1. The molecule has 0 aliphatic heterocycles. The summed E-state index contributed by atoms with van der Waals surface area (Å²) in [5, 5.41) is 14.3. The molecule has 144 valence electrons. The van der Waals surface area contributed by atoms with Crippen LogP contribution in [0.15, 0.2) is 30.3 Å². The van der Waals surface area contributed by atoms with E-state index in [1.54, 1.807) is 13.8 Å². The molecule has 7 heteroatoms. The van der Waals surface area contributed by atoms with Crippen molar-refractivity contribution in [2.75, 3.05) is 0 Å². The molecule has 0 bridgehead atoms. The third-order valence-corrected chi connectivity index (χ3v) is 3.90. The number of hydrogen-bond donors (Lipinski definition) is 3. The molecule has 0 spiro atoms. The highest BCUT2D eigenvalue weighted by molar-refractivity contribution is 5.89. The topological polar surface area (TPSA) is 105 Å². The maximum absolute atomic E-state index is 12.4. The molecular weight excluding hydrogens is 336 g/mol. The van der Waals surface area contributed by atoms with Crippen molar-refractivity contribution >= 4 is 18.0 Å². The van der Waals surface area contributed by atoms with Gasteiger partial charge in [-0.25, -0.2) is 9.59 Å². The summed E-state index contributed by atoms with van der Waals surface area (Å²) in [6, 6.07) is 7.34. The van der Waals surface area contributed by atoms with Crippen LogP contribution in [-0.2, 0) is 20.9 Å². The Bertz CT molecular complexity index is 589. The van der Waals surface area contributed by atoms with Crippen LogP contribution >= 0.6 is 0 Å². The lowest BCUT2D eigenvalue weighted by Gasteiger charge is -2.23. The molecule has 0 aliphatic carbocycles. The van der Waals surface area contributed by atoms with Gasteiger partial charge in [0.15, 0.2) is 0 Å². The molecule has 7 nitrogen and oxygen atoms in total. The quantitative estimate of drug-likeness (QED) is 0.592. The molecule has 2 atom stereocenters. The van der Waals surface area contributed by atoms with E-state index in [2.05, 4.69) is 10.6 Å². The predicted molar refractivity (Wildman–Crippen MR) is 97.5 cm³/mol. The first kappa shape index (κ1) is 21.5. The van der Waals surface area contributed by atoms with Crippen LogP contribution < -0.4 is 10.6 Å². The highest BCUT2D eigenvalue weighted by Crippen LogP contribution is 2.07. The van der Waals surface area contributed by atoms with E-state index in [4.69, 9.17) is 4.74 Å². The van der Waals surface area contributed by atoms with Crippen LogP contribution in [0.5, 0.6) is 0 Å². The Morgan fingerprint density at radius 2 is 1.77 bits per heavy atom. The van der Waals surface area contributed by atoms with E-state index in [1.807, 2.05) is 37.3 Å². The van der Waals surface area contributed by atoms with Gasteiger partial charge in [0, 0.05) is 0 Å². The van der Waals surface area contributed by atoms with E-state index in [9.17, 15) is 19.5 Å². The third kappa shape index (κ3) is 7.55. The first-order chi connectivity index (χ1) is 12.3. The highest BCUT2D eigenvalue weighted by atomic mass is 16.5. The van der Waals surface area contributed by atoms with Gasteiger partial charge < -0.3 is 20.5 Å². The molecule has 0 heterocycles. The molecule has 1 aromatic rings. The van der Waals surface area contributed by atoms with E-state index in [0.29, 0.717) is 12.8 Å². The largest absolute Gasteiger partial charge is 0.480 e. The molecule has 0 unspecified atom stereocenters. The summed E-state index contributed by atoms with van der Waals surface area (Å²) < 4.78 is 5.13. The van der Waals surface area contributed by atoms with Gasteiger partial charge in [-0.1, -0.05) is 63.9 Å². The molecule has 0 radical (unpaired) electrons. The molecule has 0 aliphatic rings. The summed E-state index contributed by atoms with van der Waals surface area (Å²) in [5.74, 6) is -1.83. The third-order valence-electron chi connectivity index (χ3n) is 3.90. The van der Waals surface area contributed by atoms with Crippen molar-refractivity contribution in [3.8, 4) is 0 Å². The van der Waals surface area contributed by atoms with Crippen LogP contribution in [0.3, 0.4) is 0 Å². The number of carbonyl (C=O) groups excluding carboxylic acids is 2. The van der Waals surface area contributed by atoms with Crippen LogP contribution in [0.25, 0.3) is 0 Å². The Kier molecular flexibility index (Phi) is 9.19. The van der Waals surface area contributed by atoms with Crippen LogP contribution in [0.4, 0.5) is 4.79 Å². The number of benzene rings is 1. The van der Waals surface area contributed by atoms with E-state index >= 15 is 0 Å². The zero-order valence-electron chi connectivity index (χ0n) is 15.5. The van der Waals surface area contributed by atoms with Gasteiger partial charge in [0.2, 0.25) is 5.91 Å². The summed E-state index contributed by atoms with van der Waals surface area (Å²) in [7, 11) is 0. The molecule has 1 aromatic carbocycles. The molecule has 0 saturated heterocycles. The molecule has 0 fully saturated rings. The maximum atomic E-state index is 12.4. The summed E-state index contributed by atoms with van der Waals surface area (Å²) in [6.07, 6.45) is 1.15. The SMILES string of the molecule is CCCC[C@@H](NC(=O)[C@H](NC(=O)OCc1ccccc1)C(C)C)C(=O)O. The summed E-state index contributed by atoms with van der Waals surface area (Å²) >= 11 is 0. The van der Waals surface area contributed by atoms with E-state index < -0.39 is 30.1 Å². The van der Waals surface area contributed by atoms with Crippen molar-refractivity contribution < 1.29 is 24.2 Å². The first-order valence-corrected chi connectivity index (χ1v) is 8.85. The highest BCUT2D eigenvalue weighted by Gasteiger charge is 2.28. The fourth-order valence-electron chi connectivity index (χ4n) is 2.35.